The number of nitrogens with one attached hydrogen (secondary N) is 1. The lowest BCUT2D eigenvalue weighted by Gasteiger charge is -2.18. The second-order valence-electron chi connectivity index (χ2n) is 4.19. The minimum Gasteiger partial charge on any atom is -0.455 e. The number of ether oxygens (including phenoxy) is 1. The van der Waals surface area contributed by atoms with E-state index < -0.39 is 20.6 Å². The van der Waals surface area contributed by atoms with Crippen LogP contribution in [0.1, 0.15) is 31.3 Å². The van der Waals surface area contributed by atoms with Crippen LogP contribution in [0.4, 0.5) is 0 Å². The standard InChI is InChI=1S/C9H12ClNO4S/c1-9(2,3)15-8(12)7-4-6(5-11-7)16(10,13)14/h4-5,11H,1-3H3. The Hall–Kier alpha value is -1.01. The number of aromatic amines is 1. The summed E-state index contributed by atoms with van der Waals surface area (Å²) in [5.74, 6) is -0.626. The molecule has 0 spiro atoms. The molecule has 0 fully saturated rings. The van der Waals surface area contributed by atoms with E-state index in [0.29, 0.717) is 0 Å². The van der Waals surface area contributed by atoms with Crippen molar-refractivity contribution in [2.45, 2.75) is 31.3 Å². The van der Waals surface area contributed by atoms with E-state index in [1.165, 1.54) is 0 Å². The smallest absolute Gasteiger partial charge is 0.355 e. The normalized spacial score (nSPS) is 12.5. The first-order chi connectivity index (χ1) is 7.09. The molecule has 0 aliphatic carbocycles. The summed E-state index contributed by atoms with van der Waals surface area (Å²) in [4.78, 5) is 13.8. The molecule has 1 aromatic rings. The lowest BCUT2D eigenvalue weighted by molar-refractivity contribution is 0.00635. The van der Waals surface area contributed by atoms with Crippen LogP contribution in [-0.4, -0.2) is 25.0 Å². The molecular weight excluding hydrogens is 254 g/mol. The van der Waals surface area contributed by atoms with Gasteiger partial charge in [0.05, 0.1) is 0 Å². The third-order valence-corrected chi connectivity index (χ3v) is 2.89. The highest BCUT2D eigenvalue weighted by Gasteiger charge is 2.21. The molecule has 5 nitrogen and oxygen atoms in total. The molecule has 0 aromatic carbocycles. The Morgan fingerprint density at radius 3 is 2.38 bits per heavy atom. The van der Waals surface area contributed by atoms with Crippen LogP contribution in [0.25, 0.3) is 0 Å². The second-order valence-corrected chi connectivity index (χ2v) is 6.75. The minimum atomic E-state index is -3.83. The quantitative estimate of drug-likeness (QED) is 0.654. The number of carbonyl (C=O) groups is 1. The Balaban J connectivity index is 2.92. The molecule has 0 bridgehead atoms. The van der Waals surface area contributed by atoms with E-state index >= 15 is 0 Å². The number of H-pyrrole nitrogens is 1. The first kappa shape index (κ1) is 13.1. The van der Waals surface area contributed by atoms with Crippen molar-refractivity contribution in [3.8, 4) is 0 Å². The number of carbonyl (C=O) groups excluding carboxylic acids is 1. The summed E-state index contributed by atoms with van der Waals surface area (Å²) < 4.78 is 26.9. The maximum Gasteiger partial charge on any atom is 0.355 e. The molecule has 1 heterocycles. The van der Waals surface area contributed by atoms with Gasteiger partial charge in [-0.15, -0.1) is 0 Å². The number of rotatable bonds is 2. The van der Waals surface area contributed by atoms with Crippen molar-refractivity contribution in [1.29, 1.82) is 0 Å². The molecule has 0 atom stereocenters. The van der Waals surface area contributed by atoms with Gasteiger partial charge < -0.3 is 9.72 Å². The number of hydrogen-bond acceptors (Lipinski definition) is 4. The van der Waals surface area contributed by atoms with Crippen LogP contribution in [0.5, 0.6) is 0 Å². The summed E-state index contributed by atoms with van der Waals surface area (Å²) in [5.41, 5.74) is -0.587. The largest absolute Gasteiger partial charge is 0.455 e. The highest BCUT2D eigenvalue weighted by Crippen LogP contribution is 2.17. The van der Waals surface area contributed by atoms with Crippen molar-refractivity contribution in [1.82, 2.24) is 4.98 Å². The van der Waals surface area contributed by atoms with Crippen LogP contribution in [-0.2, 0) is 13.8 Å². The average molecular weight is 266 g/mol. The van der Waals surface area contributed by atoms with E-state index in [0.717, 1.165) is 12.3 Å². The van der Waals surface area contributed by atoms with Crippen LogP contribution >= 0.6 is 10.7 Å². The molecule has 90 valence electrons. The fraction of sp³-hybridized carbons (Fsp3) is 0.444. The van der Waals surface area contributed by atoms with Crippen molar-refractivity contribution in [2.75, 3.05) is 0 Å². The van der Waals surface area contributed by atoms with E-state index in [9.17, 15) is 13.2 Å². The van der Waals surface area contributed by atoms with Gasteiger partial charge in [-0.05, 0) is 26.8 Å². The molecule has 0 aliphatic rings. The zero-order chi connectivity index (χ0) is 12.6. The fourth-order valence-electron chi connectivity index (χ4n) is 0.966. The Kier molecular flexibility index (Phi) is 3.35. The minimum absolute atomic E-state index is 0.0501. The predicted molar refractivity (Wildman–Crippen MR) is 59.0 cm³/mol. The Morgan fingerprint density at radius 1 is 1.44 bits per heavy atom. The van der Waals surface area contributed by atoms with Crippen LogP contribution in [0.15, 0.2) is 17.2 Å². The third kappa shape index (κ3) is 3.53. The lowest BCUT2D eigenvalue weighted by atomic mass is 10.2. The molecule has 1 N–H and O–H groups in total. The van der Waals surface area contributed by atoms with Gasteiger partial charge in [0.15, 0.2) is 0 Å². The van der Waals surface area contributed by atoms with Crippen molar-refractivity contribution >= 4 is 25.7 Å². The molecule has 1 rings (SSSR count). The number of hydrogen-bond donors (Lipinski definition) is 1. The first-order valence-electron chi connectivity index (χ1n) is 4.46. The molecule has 0 unspecified atom stereocenters. The summed E-state index contributed by atoms with van der Waals surface area (Å²) in [6.07, 6.45) is 1.14. The topological polar surface area (TPSA) is 76.2 Å². The van der Waals surface area contributed by atoms with Gasteiger partial charge in [-0.25, -0.2) is 13.2 Å². The SMILES string of the molecule is CC(C)(C)OC(=O)c1cc(S(=O)(=O)Cl)c[nH]1. The molecule has 7 heteroatoms. The van der Waals surface area contributed by atoms with Crippen LogP contribution in [0.3, 0.4) is 0 Å². The van der Waals surface area contributed by atoms with Crippen molar-refractivity contribution in [3.63, 3.8) is 0 Å². The highest BCUT2D eigenvalue weighted by molar-refractivity contribution is 8.13. The molecule has 0 saturated carbocycles. The first-order valence-corrected chi connectivity index (χ1v) is 6.77. The van der Waals surface area contributed by atoms with Crippen LogP contribution in [0, 0.1) is 0 Å². The van der Waals surface area contributed by atoms with E-state index in [1.54, 1.807) is 20.8 Å². The number of aromatic nitrogens is 1. The molecule has 1 aromatic heterocycles. The Bertz CT molecular complexity index is 498. The average Bonchev–Trinajstić information content (AvgIpc) is 2.46. The van der Waals surface area contributed by atoms with Gasteiger partial charge in [0.25, 0.3) is 9.05 Å². The second kappa shape index (κ2) is 4.10. The summed E-state index contributed by atoms with van der Waals surface area (Å²) in [6, 6.07) is 1.14. The van der Waals surface area contributed by atoms with E-state index in [-0.39, 0.29) is 10.6 Å². The third-order valence-electron chi connectivity index (χ3n) is 1.56. The van der Waals surface area contributed by atoms with Gasteiger partial charge in [-0.3, -0.25) is 0 Å². The number of esters is 1. The lowest BCUT2D eigenvalue weighted by Crippen LogP contribution is -2.24. The van der Waals surface area contributed by atoms with E-state index in [4.69, 9.17) is 15.4 Å². The van der Waals surface area contributed by atoms with Crippen LogP contribution in [0.2, 0.25) is 0 Å². The summed E-state index contributed by atoms with van der Waals surface area (Å²) in [6.45, 7) is 5.15. The molecular formula is C9H12ClNO4S. The van der Waals surface area contributed by atoms with Gasteiger partial charge in [0.2, 0.25) is 0 Å². The predicted octanol–water partition coefficient (Wildman–Crippen LogP) is 1.90. The Morgan fingerprint density at radius 2 is 2.00 bits per heavy atom. The van der Waals surface area contributed by atoms with E-state index in [2.05, 4.69) is 4.98 Å². The maximum absolute atomic E-state index is 11.5. The zero-order valence-corrected chi connectivity index (χ0v) is 10.6. The van der Waals surface area contributed by atoms with Crippen LogP contribution < -0.4 is 0 Å². The van der Waals surface area contributed by atoms with Gasteiger partial charge in [-0.1, -0.05) is 0 Å². The summed E-state index contributed by atoms with van der Waals surface area (Å²) in [7, 11) is 1.28. The number of halogens is 1. The maximum atomic E-state index is 11.5. The molecule has 0 radical (unpaired) electrons. The Labute approximate surface area is 98.2 Å². The fourth-order valence-corrected chi connectivity index (χ4v) is 1.69. The van der Waals surface area contributed by atoms with Gasteiger partial charge in [0.1, 0.15) is 16.2 Å². The van der Waals surface area contributed by atoms with E-state index in [1.807, 2.05) is 0 Å². The molecule has 0 amide bonds. The summed E-state index contributed by atoms with van der Waals surface area (Å²) in [5, 5.41) is 0. The summed E-state index contributed by atoms with van der Waals surface area (Å²) >= 11 is 0. The van der Waals surface area contributed by atoms with Gasteiger partial charge >= 0.3 is 5.97 Å². The highest BCUT2D eigenvalue weighted by atomic mass is 35.7. The molecule has 0 aliphatic heterocycles. The van der Waals surface area contributed by atoms with Crippen molar-refractivity contribution in [3.05, 3.63) is 18.0 Å². The molecule has 0 saturated heterocycles. The van der Waals surface area contributed by atoms with Gasteiger partial charge in [-0.2, -0.15) is 0 Å². The monoisotopic (exact) mass is 265 g/mol. The van der Waals surface area contributed by atoms with Crippen molar-refractivity contribution in [2.24, 2.45) is 0 Å². The van der Waals surface area contributed by atoms with Crippen molar-refractivity contribution < 1.29 is 17.9 Å². The van der Waals surface area contributed by atoms with Gasteiger partial charge in [0, 0.05) is 16.9 Å². The molecule has 16 heavy (non-hydrogen) atoms. The zero-order valence-electron chi connectivity index (χ0n) is 9.07.